The molecular formula is C30H32N2O3. The van der Waals surface area contributed by atoms with Crippen LogP contribution in [0.2, 0.25) is 0 Å². The minimum atomic E-state index is -0.437. The van der Waals surface area contributed by atoms with E-state index in [0.717, 1.165) is 49.2 Å². The summed E-state index contributed by atoms with van der Waals surface area (Å²) in [6.45, 7) is 1.50. The van der Waals surface area contributed by atoms with Crippen LogP contribution in [0.4, 0.5) is 0 Å². The molecule has 0 unspecified atom stereocenters. The number of rotatable bonds is 5. The molecule has 0 bridgehead atoms. The first-order chi connectivity index (χ1) is 17.1. The summed E-state index contributed by atoms with van der Waals surface area (Å²) >= 11 is 0. The normalized spacial score (nSPS) is 20.5. The molecule has 5 rings (SSSR count). The number of fused-ring (bicyclic) bond motifs is 1. The minimum Gasteiger partial charge on any atom is -0.497 e. The number of ether oxygens (including phenoxy) is 1. The molecule has 5 nitrogen and oxygen atoms in total. The number of hydrogen-bond acceptors (Lipinski definition) is 3. The van der Waals surface area contributed by atoms with Crippen molar-refractivity contribution in [3.63, 3.8) is 0 Å². The third-order valence-electron chi connectivity index (χ3n) is 7.60. The third-order valence-corrected chi connectivity index (χ3v) is 7.60. The molecule has 2 aliphatic rings. The van der Waals surface area contributed by atoms with Gasteiger partial charge in [-0.15, -0.1) is 0 Å². The predicted octanol–water partition coefficient (Wildman–Crippen LogP) is 5.09. The van der Waals surface area contributed by atoms with Crippen molar-refractivity contribution < 1.29 is 14.3 Å². The van der Waals surface area contributed by atoms with Crippen molar-refractivity contribution in [1.82, 2.24) is 9.80 Å². The summed E-state index contributed by atoms with van der Waals surface area (Å²) in [5, 5.41) is 0. The molecule has 2 amide bonds. The van der Waals surface area contributed by atoms with Gasteiger partial charge in [0.25, 0.3) is 5.91 Å². The molecule has 2 atom stereocenters. The molecule has 3 aromatic carbocycles. The van der Waals surface area contributed by atoms with Gasteiger partial charge in [0.15, 0.2) is 0 Å². The zero-order valence-corrected chi connectivity index (χ0v) is 20.4. The summed E-state index contributed by atoms with van der Waals surface area (Å²) in [6.07, 6.45) is 3.05. The predicted molar refractivity (Wildman–Crippen MR) is 136 cm³/mol. The van der Waals surface area contributed by atoms with Gasteiger partial charge in [-0.1, -0.05) is 60.7 Å². The maximum atomic E-state index is 14.1. The van der Waals surface area contributed by atoms with E-state index in [4.69, 9.17) is 4.74 Å². The molecule has 0 radical (unpaired) electrons. The highest BCUT2D eigenvalue weighted by molar-refractivity contribution is 6.01. The molecule has 1 saturated heterocycles. The number of nitrogens with zero attached hydrogens (tertiary/aromatic N) is 2. The second-order valence-corrected chi connectivity index (χ2v) is 9.66. The highest BCUT2D eigenvalue weighted by Crippen LogP contribution is 2.43. The Morgan fingerprint density at radius 1 is 0.914 bits per heavy atom. The van der Waals surface area contributed by atoms with Crippen molar-refractivity contribution in [2.24, 2.45) is 5.92 Å². The zero-order valence-electron chi connectivity index (χ0n) is 20.4. The summed E-state index contributed by atoms with van der Waals surface area (Å²) in [5.74, 6) is 0.958. The number of likely N-dealkylation sites (N-methyl/N-ethyl adjacent to an activating group) is 1. The van der Waals surface area contributed by atoms with E-state index in [1.165, 1.54) is 5.56 Å². The van der Waals surface area contributed by atoms with Crippen LogP contribution in [-0.4, -0.2) is 48.9 Å². The van der Waals surface area contributed by atoms with Gasteiger partial charge in [-0.3, -0.25) is 9.59 Å². The third kappa shape index (κ3) is 4.55. The first kappa shape index (κ1) is 23.2. The van der Waals surface area contributed by atoms with Gasteiger partial charge in [0.2, 0.25) is 5.91 Å². The van der Waals surface area contributed by atoms with E-state index in [-0.39, 0.29) is 17.9 Å². The number of piperidine rings is 1. The highest BCUT2D eigenvalue weighted by atomic mass is 16.5. The average Bonchev–Trinajstić information content (AvgIpc) is 2.91. The van der Waals surface area contributed by atoms with Crippen molar-refractivity contribution in [3.8, 4) is 5.75 Å². The van der Waals surface area contributed by atoms with Gasteiger partial charge in [-0.05, 0) is 60.1 Å². The molecule has 3 aromatic rings. The highest BCUT2D eigenvalue weighted by Gasteiger charge is 2.44. The van der Waals surface area contributed by atoms with Crippen molar-refractivity contribution in [2.75, 3.05) is 27.2 Å². The Hall–Kier alpha value is -3.60. The monoisotopic (exact) mass is 468 g/mol. The van der Waals surface area contributed by atoms with Crippen LogP contribution in [0.3, 0.4) is 0 Å². The van der Waals surface area contributed by atoms with Gasteiger partial charge < -0.3 is 14.5 Å². The van der Waals surface area contributed by atoms with Gasteiger partial charge in [0.05, 0.1) is 19.1 Å². The van der Waals surface area contributed by atoms with Crippen LogP contribution in [0.1, 0.15) is 51.8 Å². The van der Waals surface area contributed by atoms with Crippen molar-refractivity contribution >= 4 is 11.8 Å². The number of benzene rings is 3. The summed E-state index contributed by atoms with van der Waals surface area (Å²) < 4.78 is 5.33. The second-order valence-electron chi connectivity index (χ2n) is 9.66. The van der Waals surface area contributed by atoms with E-state index in [9.17, 15) is 9.59 Å². The van der Waals surface area contributed by atoms with Gasteiger partial charge >= 0.3 is 0 Å². The fourth-order valence-corrected chi connectivity index (χ4v) is 5.66. The van der Waals surface area contributed by atoms with Crippen LogP contribution in [0.25, 0.3) is 0 Å². The van der Waals surface area contributed by atoms with Crippen LogP contribution in [0.5, 0.6) is 5.75 Å². The lowest BCUT2D eigenvalue weighted by molar-refractivity contribution is -0.135. The van der Waals surface area contributed by atoms with E-state index in [2.05, 4.69) is 24.3 Å². The Labute approximate surface area is 207 Å². The lowest BCUT2D eigenvalue weighted by Gasteiger charge is -2.43. The van der Waals surface area contributed by atoms with E-state index in [0.29, 0.717) is 11.5 Å². The van der Waals surface area contributed by atoms with Crippen LogP contribution in [0, 0.1) is 5.92 Å². The number of hydrogen-bond donors (Lipinski definition) is 0. The number of amides is 2. The number of carbonyl (C=O) groups is 2. The van der Waals surface area contributed by atoms with Gasteiger partial charge in [0, 0.05) is 25.7 Å². The Balaban J connectivity index is 1.41. The first-order valence-corrected chi connectivity index (χ1v) is 12.4. The lowest BCUT2D eigenvalue weighted by atomic mass is 9.78. The van der Waals surface area contributed by atoms with Crippen LogP contribution in [-0.2, 0) is 11.2 Å². The Morgan fingerprint density at radius 2 is 1.57 bits per heavy atom. The molecule has 0 aromatic heterocycles. The van der Waals surface area contributed by atoms with E-state index < -0.39 is 5.92 Å². The number of likely N-dealkylation sites (tertiary alicyclic amines) is 1. The van der Waals surface area contributed by atoms with Gasteiger partial charge in [0.1, 0.15) is 5.75 Å². The molecule has 0 aliphatic carbocycles. The molecule has 0 N–H and O–H groups in total. The summed E-state index contributed by atoms with van der Waals surface area (Å²) in [6, 6.07) is 25.5. The largest absolute Gasteiger partial charge is 0.497 e. The fourth-order valence-electron chi connectivity index (χ4n) is 5.66. The van der Waals surface area contributed by atoms with Gasteiger partial charge in [-0.25, -0.2) is 0 Å². The standard InChI is InChI=1S/C30H32N2O3/c1-31-28(23-12-14-24(35-2)15-13-23)27(25-10-6-7-11-26(25)29(31)33)30(34)32-18-16-22(17-19-32)20-21-8-4-3-5-9-21/h3-15,22,27-28H,16-20H2,1-2H3/t27-,28-/m1/s1. The van der Waals surface area contributed by atoms with Crippen molar-refractivity contribution in [3.05, 3.63) is 101 Å². The quantitative estimate of drug-likeness (QED) is 0.524. The van der Waals surface area contributed by atoms with Crippen LogP contribution >= 0.6 is 0 Å². The van der Waals surface area contributed by atoms with Crippen molar-refractivity contribution in [1.29, 1.82) is 0 Å². The Bertz CT molecular complexity index is 1180. The second kappa shape index (κ2) is 9.95. The summed E-state index contributed by atoms with van der Waals surface area (Å²) in [5.41, 5.74) is 3.75. The lowest BCUT2D eigenvalue weighted by Crippen LogP contribution is -2.48. The van der Waals surface area contributed by atoms with Crippen molar-refractivity contribution in [2.45, 2.75) is 31.2 Å². The maximum absolute atomic E-state index is 14.1. The van der Waals surface area contributed by atoms with Crippen LogP contribution in [0.15, 0.2) is 78.9 Å². The molecule has 5 heteroatoms. The fraction of sp³-hybridized carbons (Fsp3) is 0.333. The Morgan fingerprint density at radius 3 is 2.26 bits per heavy atom. The minimum absolute atomic E-state index is 0.0490. The molecule has 0 spiro atoms. The average molecular weight is 469 g/mol. The summed E-state index contributed by atoms with van der Waals surface area (Å²) in [7, 11) is 3.44. The molecular weight excluding hydrogens is 436 g/mol. The number of methoxy groups -OCH3 is 1. The molecule has 2 aliphatic heterocycles. The molecule has 2 heterocycles. The molecule has 35 heavy (non-hydrogen) atoms. The molecule has 1 fully saturated rings. The number of carbonyl (C=O) groups excluding carboxylic acids is 2. The van der Waals surface area contributed by atoms with E-state index in [1.54, 1.807) is 19.1 Å². The van der Waals surface area contributed by atoms with E-state index in [1.807, 2.05) is 59.5 Å². The SMILES string of the molecule is COc1ccc([C@@H]2[C@H](C(=O)N3CCC(Cc4ccccc4)CC3)c3ccccc3C(=O)N2C)cc1. The first-order valence-electron chi connectivity index (χ1n) is 12.4. The molecule has 0 saturated carbocycles. The summed E-state index contributed by atoms with van der Waals surface area (Å²) in [4.78, 5) is 31.1. The topological polar surface area (TPSA) is 49.9 Å². The van der Waals surface area contributed by atoms with E-state index >= 15 is 0 Å². The Kier molecular flexibility index (Phi) is 6.58. The molecule has 180 valence electrons. The zero-order chi connectivity index (χ0) is 24.4. The van der Waals surface area contributed by atoms with Crippen LogP contribution < -0.4 is 4.74 Å². The maximum Gasteiger partial charge on any atom is 0.254 e. The van der Waals surface area contributed by atoms with Gasteiger partial charge in [-0.2, -0.15) is 0 Å². The smallest absolute Gasteiger partial charge is 0.254 e.